The summed E-state index contributed by atoms with van der Waals surface area (Å²) in [5, 5.41) is 0. The second-order valence-corrected chi connectivity index (χ2v) is 13.5. The number of hydrogen-bond acceptors (Lipinski definition) is 4. The lowest BCUT2D eigenvalue weighted by Gasteiger charge is -2.57. The Morgan fingerprint density at radius 3 is 2.68 bits per heavy atom. The minimum atomic E-state index is -0.322. The third-order valence-corrected chi connectivity index (χ3v) is 11.8. The van der Waals surface area contributed by atoms with Gasteiger partial charge in [0, 0.05) is 18.8 Å². The number of carbonyl (C=O) groups is 1. The average Bonchev–Trinajstić information content (AvgIpc) is 3.26. The molecule has 0 radical (unpaired) electrons. The molecule has 34 heavy (non-hydrogen) atoms. The second kappa shape index (κ2) is 8.07. The van der Waals surface area contributed by atoms with Crippen LogP contribution in [-0.2, 0) is 19.0 Å². The van der Waals surface area contributed by atoms with Crippen molar-refractivity contribution in [3.05, 3.63) is 11.6 Å². The van der Waals surface area contributed by atoms with Gasteiger partial charge in [-0.1, -0.05) is 46.3 Å². The van der Waals surface area contributed by atoms with Gasteiger partial charge in [0.1, 0.15) is 6.10 Å². The van der Waals surface area contributed by atoms with Gasteiger partial charge in [-0.15, -0.1) is 0 Å². The van der Waals surface area contributed by atoms with Crippen molar-refractivity contribution in [2.24, 2.45) is 46.3 Å². The maximum atomic E-state index is 11.9. The van der Waals surface area contributed by atoms with Crippen LogP contribution >= 0.6 is 0 Å². The number of ether oxygens (including phenoxy) is 3. The Morgan fingerprint density at radius 1 is 1.12 bits per heavy atom. The molecule has 2 saturated heterocycles. The zero-order chi connectivity index (χ0) is 23.9. The first-order valence-electron chi connectivity index (χ1n) is 14.4. The molecule has 0 aromatic rings. The minimum Gasteiger partial charge on any atom is -0.462 e. The van der Waals surface area contributed by atoms with E-state index in [2.05, 4.69) is 33.8 Å². The molecule has 2 heterocycles. The Hall–Kier alpha value is -0.870. The van der Waals surface area contributed by atoms with E-state index in [0.717, 1.165) is 31.8 Å². The number of carbonyl (C=O) groups excluding carboxylic acids is 1. The fourth-order valence-corrected chi connectivity index (χ4v) is 9.88. The first-order valence-corrected chi connectivity index (χ1v) is 14.4. The van der Waals surface area contributed by atoms with Crippen molar-refractivity contribution in [3.8, 4) is 0 Å². The largest absolute Gasteiger partial charge is 0.462 e. The van der Waals surface area contributed by atoms with Gasteiger partial charge in [0.25, 0.3) is 0 Å². The molecule has 190 valence electrons. The van der Waals surface area contributed by atoms with Crippen molar-refractivity contribution in [2.45, 2.75) is 117 Å². The van der Waals surface area contributed by atoms with Gasteiger partial charge in [0.2, 0.25) is 0 Å². The molecule has 0 bridgehead atoms. The molecule has 6 aliphatic rings. The topological polar surface area (TPSA) is 44.8 Å². The van der Waals surface area contributed by atoms with Crippen LogP contribution in [0.1, 0.15) is 98.8 Å². The predicted molar refractivity (Wildman–Crippen MR) is 132 cm³/mol. The molecular formula is C30H46O4. The van der Waals surface area contributed by atoms with Crippen LogP contribution in [0.5, 0.6) is 0 Å². The number of esters is 1. The minimum absolute atomic E-state index is 0.0317. The van der Waals surface area contributed by atoms with E-state index in [0.29, 0.717) is 47.5 Å². The van der Waals surface area contributed by atoms with E-state index < -0.39 is 0 Å². The van der Waals surface area contributed by atoms with Crippen LogP contribution in [0, 0.1) is 46.3 Å². The molecule has 0 N–H and O–H groups in total. The molecular weight excluding hydrogens is 424 g/mol. The maximum absolute atomic E-state index is 11.9. The summed E-state index contributed by atoms with van der Waals surface area (Å²) >= 11 is 0. The van der Waals surface area contributed by atoms with E-state index in [1.807, 2.05) is 6.92 Å². The molecule has 2 aliphatic heterocycles. The van der Waals surface area contributed by atoms with E-state index in [1.165, 1.54) is 38.5 Å². The fourth-order valence-electron chi connectivity index (χ4n) is 9.88. The molecule has 4 nitrogen and oxygen atoms in total. The van der Waals surface area contributed by atoms with Crippen molar-refractivity contribution in [2.75, 3.05) is 6.61 Å². The normalized spacial score (nSPS) is 54.0. The maximum Gasteiger partial charge on any atom is 0.305 e. The van der Waals surface area contributed by atoms with E-state index in [9.17, 15) is 4.79 Å². The van der Waals surface area contributed by atoms with Gasteiger partial charge in [-0.2, -0.15) is 0 Å². The van der Waals surface area contributed by atoms with Crippen LogP contribution in [0.3, 0.4) is 0 Å². The van der Waals surface area contributed by atoms with Gasteiger partial charge in [0.05, 0.1) is 12.7 Å². The van der Waals surface area contributed by atoms with Crippen LogP contribution in [0.2, 0.25) is 0 Å². The summed E-state index contributed by atoms with van der Waals surface area (Å²) in [4.78, 5) is 11.9. The highest BCUT2D eigenvalue weighted by Gasteiger charge is 2.67. The van der Waals surface area contributed by atoms with Crippen LogP contribution in [0.25, 0.3) is 0 Å². The molecule has 0 aromatic heterocycles. The highest BCUT2D eigenvalue weighted by molar-refractivity contribution is 5.69. The van der Waals surface area contributed by atoms with Crippen molar-refractivity contribution in [1.29, 1.82) is 0 Å². The quantitative estimate of drug-likeness (QED) is 0.334. The number of fused-ring (bicyclic) bond motifs is 7. The Bertz CT molecular complexity index is 856. The molecule has 3 saturated carbocycles. The first kappa shape index (κ1) is 23.5. The summed E-state index contributed by atoms with van der Waals surface area (Å²) in [6, 6.07) is 0. The summed E-state index contributed by atoms with van der Waals surface area (Å²) in [7, 11) is 0. The van der Waals surface area contributed by atoms with Crippen LogP contribution < -0.4 is 0 Å². The number of allylic oxidation sites excluding steroid dienone is 2. The zero-order valence-electron chi connectivity index (χ0n) is 22.1. The highest BCUT2D eigenvalue weighted by Crippen LogP contribution is 2.69. The van der Waals surface area contributed by atoms with Gasteiger partial charge in [0.15, 0.2) is 5.79 Å². The SMILES string of the molecule is CCC(=O)O[C@H]1CC[C@]2(C)C3=CC[C@]4(C)[C@@H]5[C@H](C[C@@H]4[C@@H]3CC[C@H]2C1)O[C@]1(CC[C@@H](C)CO1)[C@H]5C. The molecule has 0 aromatic carbocycles. The Balaban J connectivity index is 1.23. The van der Waals surface area contributed by atoms with Crippen molar-refractivity contribution >= 4 is 5.97 Å². The number of hydrogen-bond donors (Lipinski definition) is 0. The summed E-state index contributed by atoms with van der Waals surface area (Å²) in [5.74, 6) is 3.48. The van der Waals surface area contributed by atoms with Crippen molar-refractivity contribution in [3.63, 3.8) is 0 Å². The Kier molecular flexibility index (Phi) is 5.58. The van der Waals surface area contributed by atoms with E-state index in [1.54, 1.807) is 5.57 Å². The predicted octanol–water partition coefficient (Wildman–Crippen LogP) is 6.67. The Labute approximate surface area is 206 Å². The monoisotopic (exact) mass is 470 g/mol. The van der Waals surface area contributed by atoms with Gasteiger partial charge >= 0.3 is 5.97 Å². The lowest BCUT2D eigenvalue weighted by molar-refractivity contribution is -0.272. The summed E-state index contributed by atoms with van der Waals surface area (Å²) in [5.41, 5.74) is 2.37. The standard InChI is InChI=1S/C30H46O4/c1-6-26(31)33-21-10-12-28(4)20(15-21)7-8-22-23(28)11-13-29(5)24(22)16-25-27(29)19(3)30(34-25)14-9-18(2)17-32-30/h11,18-22,24-25,27H,6-10,12-17H2,1-5H3/t18-,19+,20+,21+,22-,24-,25+,27+,28+,29+,30-/m1/s1. The molecule has 0 amide bonds. The average molecular weight is 471 g/mol. The molecule has 4 aliphatic carbocycles. The third kappa shape index (κ3) is 3.26. The van der Waals surface area contributed by atoms with Crippen LogP contribution in [-0.4, -0.2) is 30.6 Å². The molecule has 0 unspecified atom stereocenters. The molecule has 4 heteroatoms. The van der Waals surface area contributed by atoms with Crippen molar-refractivity contribution in [1.82, 2.24) is 0 Å². The van der Waals surface area contributed by atoms with Crippen LogP contribution in [0.15, 0.2) is 11.6 Å². The lowest BCUT2D eigenvalue weighted by atomic mass is 9.48. The van der Waals surface area contributed by atoms with Crippen LogP contribution in [0.4, 0.5) is 0 Å². The second-order valence-electron chi connectivity index (χ2n) is 13.5. The fraction of sp³-hybridized carbons (Fsp3) is 0.900. The van der Waals surface area contributed by atoms with Gasteiger partial charge in [-0.05, 0) is 91.8 Å². The third-order valence-electron chi connectivity index (χ3n) is 11.8. The number of rotatable bonds is 2. The summed E-state index contributed by atoms with van der Waals surface area (Å²) < 4.78 is 19.2. The lowest BCUT2D eigenvalue weighted by Crippen LogP contribution is -2.51. The molecule has 5 fully saturated rings. The van der Waals surface area contributed by atoms with Crippen molar-refractivity contribution < 1.29 is 19.0 Å². The van der Waals surface area contributed by atoms with Gasteiger partial charge < -0.3 is 14.2 Å². The van der Waals surface area contributed by atoms with Gasteiger partial charge in [-0.3, -0.25) is 4.79 Å². The van der Waals surface area contributed by atoms with E-state index >= 15 is 0 Å². The summed E-state index contributed by atoms with van der Waals surface area (Å²) in [6.07, 6.45) is 14.2. The van der Waals surface area contributed by atoms with E-state index in [-0.39, 0.29) is 23.3 Å². The smallest absolute Gasteiger partial charge is 0.305 e. The zero-order valence-corrected chi connectivity index (χ0v) is 22.1. The first-order chi connectivity index (χ1) is 16.2. The molecule has 1 spiro atoms. The Morgan fingerprint density at radius 2 is 1.94 bits per heavy atom. The highest BCUT2D eigenvalue weighted by atomic mass is 16.7. The van der Waals surface area contributed by atoms with E-state index in [4.69, 9.17) is 14.2 Å². The summed E-state index contributed by atoms with van der Waals surface area (Å²) in [6.45, 7) is 12.6. The molecule has 11 atom stereocenters. The van der Waals surface area contributed by atoms with Gasteiger partial charge in [-0.25, -0.2) is 0 Å². The molecule has 6 rings (SSSR count).